The molecule has 1 aliphatic heterocycles. The van der Waals surface area contributed by atoms with Gasteiger partial charge in [0.1, 0.15) is 10.6 Å². The molecule has 0 bridgehead atoms. The standard InChI is InChI=1S/C13H22N4O4S/c1-9-12(11(3)21-15-9)22(19,20)16-10(2)13(18)17-7-4-5-14-6-8-17/h10,14,16H,4-8H2,1-3H3. The van der Waals surface area contributed by atoms with Gasteiger partial charge in [0, 0.05) is 19.6 Å². The maximum Gasteiger partial charge on any atom is 0.246 e. The van der Waals surface area contributed by atoms with Crippen LogP contribution in [0.4, 0.5) is 0 Å². The van der Waals surface area contributed by atoms with Gasteiger partial charge in [0.2, 0.25) is 15.9 Å². The number of amides is 1. The number of sulfonamides is 1. The Hall–Kier alpha value is -1.45. The molecule has 124 valence electrons. The van der Waals surface area contributed by atoms with Gasteiger partial charge >= 0.3 is 0 Å². The molecular weight excluding hydrogens is 308 g/mol. The maximum absolute atomic E-state index is 12.4. The molecule has 1 amide bonds. The molecule has 2 heterocycles. The van der Waals surface area contributed by atoms with E-state index in [4.69, 9.17) is 4.52 Å². The fraction of sp³-hybridized carbons (Fsp3) is 0.692. The minimum Gasteiger partial charge on any atom is -0.360 e. The van der Waals surface area contributed by atoms with Gasteiger partial charge in [0.15, 0.2) is 5.76 Å². The molecular formula is C13H22N4O4S. The van der Waals surface area contributed by atoms with Crippen LogP contribution in [0.1, 0.15) is 24.8 Å². The number of hydrogen-bond donors (Lipinski definition) is 2. The zero-order valence-electron chi connectivity index (χ0n) is 13.0. The summed E-state index contributed by atoms with van der Waals surface area (Å²) >= 11 is 0. The first-order chi connectivity index (χ1) is 10.3. The highest BCUT2D eigenvalue weighted by atomic mass is 32.2. The molecule has 1 aliphatic rings. The summed E-state index contributed by atoms with van der Waals surface area (Å²) < 4.78 is 32.1. The van der Waals surface area contributed by atoms with E-state index in [1.807, 2.05) is 0 Å². The van der Waals surface area contributed by atoms with Crippen LogP contribution in [-0.2, 0) is 14.8 Å². The number of aromatic nitrogens is 1. The van der Waals surface area contributed by atoms with E-state index in [1.165, 1.54) is 6.92 Å². The van der Waals surface area contributed by atoms with Crippen molar-refractivity contribution in [2.75, 3.05) is 26.2 Å². The van der Waals surface area contributed by atoms with Crippen LogP contribution >= 0.6 is 0 Å². The fourth-order valence-corrected chi connectivity index (χ4v) is 4.07. The lowest BCUT2D eigenvalue weighted by Crippen LogP contribution is -2.47. The van der Waals surface area contributed by atoms with Crippen molar-refractivity contribution in [2.45, 2.75) is 38.1 Å². The van der Waals surface area contributed by atoms with Crippen molar-refractivity contribution in [3.05, 3.63) is 11.5 Å². The first kappa shape index (κ1) is 16.9. The summed E-state index contributed by atoms with van der Waals surface area (Å²) in [5.41, 5.74) is 0.281. The quantitative estimate of drug-likeness (QED) is 0.791. The molecule has 9 heteroatoms. The van der Waals surface area contributed by atoms with Gasteiger partial charge in [0.25, 0.3) is 0 Å². The highest BCUT2D eigenvalue weighted by Crippen LogP contribution is 2.19. The Kier molecular flexibility index (Phi) is 5.20. The zero-order chi connectivity index (χ0) is 16.3. The largest absolute Gasteiger partial charge is 0.360 e. The molecule has 1 saturated heterocycles. The van der Waals surface area contributed by atoms with Gasteiger partial charge < -0.3 is 14.7 Å². The lowest BCUT2D eigenvalue weighted by atomic mass is 10.3. The fourth-order valence-electron chi connectivity index (χ4n) is 2.54. The summed E-state index contributed by atoms with van der Waals surface area (Å²) in [6.45, 7) is 7.42. The number of nitrogens with zero attached hydrogens (tertiary/aromatic N) is 2. The van der Waals surface area contributed by atoms with Gasteiger partial charge in [-0.15, -0.1) is 0 Å². The first-order valence-electron chi connectivity index (χ1n) is 7.27. The van der Waals surface area contributed by atoms with Crippen molar-refractivity contribution >= 4 is 15.9 Å². The Labute approximate surface area is 130 Å². The van der Waals surface area contributed by atoms with Gasteiger partial charge in [0.05, 0.1) is 6.04 Å². The zero-order valence-corrected chi connectivity index (χ0v) is 13.9. The van der Waals surface area contributed by atoms with Crippen molar-refractivity contribution in [3.8, 4) is 0 Å². The molecule has 0 radical (unpaired) electrons. The third-order valence-corrected chi connectivity index (χ3v) is 5.37. The molecule has 2 N–H and O–H groups in total. The molecule has 1 aromatic rings. The van der Waals surface area contributed by atoms with Crippen LogP contribution in [0.15, 0.2) is 9.42 Å². The van der Waals surface area contributed by atoms with Crippen molar-refractivity contribution in [1.29, 1.82) is 0 Å². The molecule has 1 atom stereocenters. The molecule has 1 aromatic heterocycles. The number of rotatable bonds is 4. The minimum absolute atomic E-state index is 0.00434. The van der Waals surface area contributed by atoms with E-state index in [-0.39, 0.29) is 22.3 Å². The van der Waals surface area contributed by atoms with Gasteiger partial charge in [-0.1, -0.05) is 5.16 Å². The monoisotopic (exact) mass is 330 g/mol. The smallest absolute Gasteiger partial charge is 0.246 e. The number of carbonyl (C=O) groups excluding carboxylic acids is 1. The molecule has 0 spiro atoms. The van der Waals surface area contributed by atoms with Crippen LogP contribution in [-0.4, -0.2) is 56.6 Å². The van der Waals surface area contributed by atoms with E-state index < -0.39 is 16.1 Å². The van der Waals surface area contributed by atoms with E-state index in [9.17, 15) is 13.2 Å². The minimum atomic E-state index is -3.84. The second kappa shape index (κ2) is 6.76. The Bertz CT molecular complexity index is 613. The van der Waals surface area contributed by atoms with Crippen LogP contribution in [0, 0.1) is 13.8 Å². The average Bonchev–Trinajstić information content (AvgIpc) is 2.67. The van der Waals surface area contributed by atoms with Gasteiger partial charge in [-0.2, -0.15) is 4.72 Å². The number of carbonyl (C=O) groups is 1. The lowest BCUT2D eigenvalue weighted by molar-refractivity contribution is -0.132. The Balaban J connectivity index is 2.10. The molecule has 0 saturated carbocycles. The SMILES string of the molecule is Cc1noc(C)c1S(=O)(=O)NC(C)C(=O)N1CCCNCC1. The van der Waals surface area contributed by atoms with E-state index in [0.29, 0.717) is 13.1 Å². The first-order valence-corrected chi connectivity index (χ1v) is 8.76. The third-order valence-electron chi connectivity index (χ3n) is 3.59. The number of aryl methyl sites for hydroxylation is 2. The van der Waals surface area contributed by atoms with Crippen LogP contribution in [0.5, 0.6) is 0 Å². The second-order valence-corrected chi connectivity index (χ2v) is 7.08. The van der Waals surface area contributed by atoms with E-state index in [0.717, 1.165) is 19.5 Å². The van der Waals surface area contributed by atoms with E-state index in [1.54, 1.807) is 18.7 Å². The maximum atomic E-state index is 12.4. The highest BCUT2D eigenvalue weighted by Gasteiger charge is 2.30. The van der Waals surface area contributed by atoms with E-state index >= 15 is 0 Å². The van der Waals surface area contributed by atoms with Crippen LogP contribution in [0.3, 0.4) is 0 Å². The summed E-state index contributed by atoms with van der Waals surface area (Å²) in [5, 5.41) is 6.84. The Morgan fingerprint density at radius 3 is 2.73 bits per heavy atom. The van der Waals surface area contributed by atoms with Crippen LogP contribution in [0.2, 0.25) is 0 Å². The van der Waals surface area contributed by atoms with Crippen molar-refractivity contribution in [3.63, 3.8) is 0 Å². The summed E-state index contributed by atoms with van der Waals surface area (Å²) in [6, 6.07) is -0.836. The summed E-state index contributed by atoms with van der Waals surface area (Å²) in [6.07, 6.45) is 0.856. The molecule has 2 rings (SSSR count). The van der Waals surface area contributed by atoms with Crippen LogP contribution < -0.4 is 10.0 Å². The summed E-state index contributed by atoms with van der Waals surface area (Å²) in [5.74, 6) is -0.0114. The molecule has 1 fully saturated rings. The molecule has 8 nitrogen and oxygen atoms in total. The van der Waals surface area contributed by atoms with Crippen molar-refractivity contribution < 1.29 is 17.7 Å². The lowest BCUT2D eigenvalue weighted by Gasteiger charge is -2.24. The second-order valence-electron chi connectivity index (χ2n) is 5.43. The molecule has 22 heavy (non-hydrogen) atoms. The number of hydrogen-bond acceptors (Lipinski definition) is 6. The van der Waals surface area contributed by atoms with Gasteiger partial charge in [-0.3, -0.25) is 4.79 Å². The predicted octanol–water partition coefficient (Wildman–Crippen LogP) is -0.220. The Morgan fingerprint density at radius 2 is 2.09 bits per heavy atom. The molecule has 0 aliphatic carbocycles. The van der Waals surface area contributed by atoms with Crippen LogP contribution in [0.25, 0.3) is 0 Å². The van der Waals surface area contributed by atoms with Crippen molar-refractivity contribution in [2.24, 2.45) is 0 Å². The molecule has 0 aromatic carbocycles. The van der Waals surface area contributed by atoms with Gasteiger partial charge in [-0.25, -0.2) is 8.42 Å². The Morgan fingerprint density at radius 1 is 1.36 bits per heavy atom. The van der Waals surface area contributed by atoms with E-state index in [2.05, 4.69) is 15.2 Å². The average molecular weight is 330 g/mol. The normalized spacial score (nSPS) is 18.0. The summed E-state index contributed by atoms with van der Waals surface area (Å²) in [4.78, 5) is 14.1. The topological polar surface area (TPSA) is 105 Å². The third kappa shape index (κ3) is 3.65. The van der Waals surface area contributed by atoms with Gasteiger partial charge in [-0.05, 0) is 33.7 Å². The predicted molar refractivity (Wildman–Crippen MR) is 79.8 cm³/mol. The molecule has 1 unspecified atom stereocenters. The summed E-state index contributed by atoms with van der Waals surface area (Å²) in [7, 11) is -3.84. The highest BCUT2D eigenvalue weighted by molar-refractivity contribution is 7.89. The van der Waals surface area contributed by atoms with Crippen molar-refractivity contribution in [1.82, 2.24) is 20.1 Å². The number of nitrogens with one attached hydrogen (secondary N) is 2.